The van der Waals surface area contributed by atoms with Gasteiger partial charge in [-0.25, -0.2) is 4.98 Å². The van der Waals surface area contributed by atoms with Gasteiger partial charge in [0.2, 0.25) is 0 Å². The molecule has 0 atom stereocenters. The molecule has 0 aliphatic rings. The number of nitrogens with two attached hydrogens (primary N) is 1. The number of nitrogen functional groups attached to an aromatic ring is 1. The van der Waals surface area contributed by atoms with Gasteiger partial charge in [0.15, 0.2) is 5.13 Å². The zero-order valence-corrected chi connectivity index (χ0v) is 12.7. The summed E-state index contributed by atoms with van der Waals surface area (Å²) in [5, 5.41) is 6.23. The summed E-state index contributed by atoms with van der Waals surface area (Å²) in [5.41, 5.74) is 8.66. The van der Waals surface area contributed by atoms with Gasteiger partial charge in [-0.1, -0.05) is 18.2 Å². The molecule has 0 bridgehead atoms. The van der Waals surface area contributed by atoms with E-state index < -0.39 is 0 Å². The molecule has 0 saturated heterocycles. The SMILES string of the molecule is Cc1csc(NC(=O)c2sc3c(C)cccc3c2N)n1. The van der Waals surface area contributed by atoms with Gasteiger partial charge in [-0.05, 0) is 19.4 Å². The number of benzene rings is 1. The molecule has 0 unspecified atom stereocenters. The van der Waals surface area contributed by atoms with Gasteiger partial charge < -0.3 is 5.73 Å². The molecular weight excluding hydrogens is 290 g/mol. The van der Waals surface area contributed by atoms with E-state index in [0.717, 1.165) is 21.3 Å². The van der Waals surface area contributed by atoms with Crippen molar-refractivity contribution in [3.8, 4) is 0 Å². The number of carbonyl (C=O) groups excluding carboxylic acids is 1. The predicted octanol–water partition coefficient (Wildman–Crippen LogP) is 3.81. The predicted molar refractivity (Wildman–Crippen MR) is 85.8 cm³/mol. The summed E-state index contributed by atoms with van der Waals surface area (Å²) in [6, 6.07) is 5.91. The second kappa shape index (κ2) is 4.88. The summed E-state index contributed by atoms with van der Waals surface area (Å²) in [7, 11) is 0. The van der Waals surface area contributed by atoms with E-state index in [1.54, 1.807) is 0 Å². The highest BCUT2D eigenvalue weighted by molar-refractivity contribution is 7.22. The summed E-state index contributed by atoms with van der Waals surface area (Å²) in [6.07, 6.45) is 0. The lowest BCUT2D eigenvalue weighted by atomic mass is 10.1. The largest absolute Gasteiger partial charge is 0.397 e. The monoisotopic (exact) mass is 303 g/mol. The number of nitrogens with one attached hydrogen (secondary N) is 1. The topological polar surface area (TPSA) is 68.0 Å². The highest BCUT2D eigenvalue weighted by Crippen LogP contribution is 2.36. The van der Waals surface area contributed by atoms with Crippen LogP contribution in [-0.2, 0) is 0 Å². The fraction of sp³-hybridized carbons (Fsp3) is 0.143. The molecule has 0 radical (unpaired) electrons. The third-order valence-electron chi connectivity index (χ3n) is 3.00. The number of hydrogen-bond donors (Lipinski definition) is 2. The number of amides is 1. The lowest BCUT2D eigenvalue weighted by molar-refractivity contribution is 0.103. The van der Waals surface area contributed by atoms with Crippen LogP contribution in [0.3, 0.4) is 0 Å². The Balaban J connectivity index is 1.99. The zero-order chi connectivity index (χ0) is 14.3. The Labute approximate surface area is 124 Å². The minimum absolute atomic E-state index is 0.197. The third-order valence-corrected chi connectivity index (χ3v) is 5.23. The first kappa shape index (κ1) is 13.1. The van der Waals surface area contributed by atoms with Gasteiger partial charge in [-0.15, -0.1) is 22.7 Å². The van der Waals surface area contributed by atoms with E-state index in [4.69, 9.17) is 5.73 Å². The molecule has 3 aromatic rings. The van der Waals surface area contributed by atoms with Crippen molar-refractivity contribution in [1.82, 2.24) is 4.98 Å². The van der Waals surface area contributed by atoms with E-state index in [1.807, 2.05) is 37.4 Å². The van der Waals surface area contributed by atoms with Crippen LogP contribution >= 0.6 is 22.7 Å². The van der Waals surface area contributed by atoms with Crippen molar-refractivity contribution in [3.63, 3.8) is 0 Å². The lowest BCUT2D eigenvalue weighted by Crippen LogP contribution is -2.11. The molecule has 2 aromatic heterocycles. The Hall–Kier alpha value is -1.92. The standard InChI is InChI=1S/C14H13N3OS2/c1-7-4-3-5-9-10(15)12(20-11(7)9)13(18)17-14-16-8(2)6-19-14/h3-6H,15H2,1-2H3,(H,16,17,18). The molecule has 0 aliphatic heterocycles. The van der Waals surface area contributed by atoms with Gasteiger partial charge in [-0.3, -0.25) is 10.1 Å². The number of hydrogen-bond acceptors (Lipinski definition) is 5. The number of aromatic nitrogens is 1. The molecule has 2 heterocycles. The smallest absolute Gasteiger partial charge is 0.269 e. The fourth-order valence-corrected chi connectivity index (χ4v) is 3.78. The summed E-state index contributed by atoms with van der Waals surface area (Å²) in [5.74, 6) is -0.197. The fourth-order valence-electron chi connectivity index (χ4n) is 2.01. The van der Waals surface area contributed by atoms with Crippen LogP contribution in [0.5, 0.6) is 0 Å². The first-order valence-corrected chi connectivity index (χ1v) is 7.77. The van der Waals surface area contributed by atoms with Crippen molar-refractivity contribution in [1.29, 1.82) is 0 Å². The van der Waals surface area contributed by atoms with Crippen LogP contribution in [-0.4, -0.2) is 10.9 Å². The van der Waals surface area contributed by atoms with Crippen molar-refractivity contribution < 1.29 is 4.79 Å². The Morgan fingerprint density at radius 1 is 1.35 bits per heavy atom. The number of carbonyl (C=O) groups is 1. The van der Waals surface area contributed by atoms with Crippen molar-refractivity contribution in [3.05, 3.63) is 39.7 Å². The number of thiazole rings is 1. The normalized spacial score (nSPS) is 10.9. The number of fused-ring (bicyclic) bond motifs is 1. The second-order valence-corrected chi connectivity index (χ2v) is 6.42. The number of rotatable bonds is 2. The number of nitrogens with zero attached hydrogens (tertiary/aromatic N) is 1. The van der Waals surface area contributed by atoms with E-state index >= 15 is 0 Å². The Morgan fingerprint density at radius 3 is 2.80 bits per heavy atom. The molecule has 4 nitrogen and oxygen atoms in total. The number of aryl methyl sites for hydroxylation is 2. The Kier molecular flexibility index (Phi) is 3.19. The molecule has 20 heavy (non-hydrogen) atoms. The van der Waals surface area contributed by atoms with Crippen molar-refractivity contribution in [2.45, 2.75) is 13.8 Å². The third kappa shape index (κ3) is 2.17. The number of anilines is 2. The zero-order valence-electron chi connectivity index (χ0n) is 11.1. The van der Waals surface area contributed by atoms with Crippen LogP contribution in [0, 0.1) is 13.8 Å². The average Bonchev–Trinajstić information content (AvgIpc) is 2.95. The first-order valence-electron chi connectivity index (χ1n) is 6.07. The van der Waals surface area contributed by atoms with Gasteiger partial charge in [0.1, 0.15) is 4.88 Å². The molecule has 3 N–H and O–H groups in total. The molecule has 0 fully saturated rings. The highest BCUT2D eigenvalue weighted by Gasteiger charge is 2.18. The molecule has 0 aliphatic carbocycles. The van der Waals surface area contributed by atoms with E-state index in [1.165, 1.54) is 22.7 Å². The molecule has 102 valence electrons. The van der Waals surface area contributed by atoms with Gasteiger partial charge in [0.25, 0.3) is 5.91 Å². The van der Waals surface area contributed by atoms with Gasteiger partial charge in [-0.2, -0.15) is 0 Å². The maximum atomic E-state index is 12.3. The van der Waals surface area contributed by atoms with Crippen molar-refractivity contribution in [2.24, 2.45) is 0 Å². The van der Waals surface area contributed by atoms with Crippen LogP contribution in [0.2, 0.25) is 0 Å². The average molecular weight is 303 g/mol. The minimum atomic E-state index is -0.197. The summed E-state index contributed by atoms with van der Waals surface area (Å²) < 4.78 is 1.06. The molecule has 1 aromatic carbocycles. The van der Waals surface area contributed by atoms with Gasteiger partial charge >= 0.3 is 0 Å². The number of thiophene rings is 1. The molecule has 1 amide bonds. The Morgan fingerprint density at radius 2 is 2.15 bits per heavy atom. The maximum Gasteiger partial charge on any atom is 0.269 e. The van der Waals surface area contributed by atoms with E-state index in [-0.39, 0.29) is 5.91 Å². The van der Waals surface area contributed by atoms with Crippen LogP contribution in [0.1, 0.15) is 20.9 Å². The van der Waals surface area contributed by atoms with Crippen LogP contribution < -0.4 is 11.1 Å². The summed E-state index contributed by atoms with van der Waals surface area (Å²) in [4.78, 5) is 17.1. The molecule has 3 rings (SSSR count). The van der Waals surface area contributed by atoms with Crippen molar-refractivity contribution >= 4 is 49.5 Å². The van der Waals surface area contributed by atoms with E-state index in [2.05, 4.69) is 10.3 Å². The minimum Gasteiger partial charge on any atom is -0.397 e. The second-order valence-electron chi connectivity index (χ2n) is 4.54. The van der Waals surface area contributed by atoms with E-state index in [0.29, 0.717) is 15.7 Å². The molecule has 0 saturated carbocycles. The molecular formula is C14H13N3OS2. The van der Waals surface area contributed by atoms with Crippen LogP contribution in [0.25, 0.3) is 10.1 Å². The first-order chi connectivity index (χ1) is 9.56. The maximum absolute atomic E-state index is 12.3. The van der Waals surface area contributed by atoms with Crippen molar-refractivity contribution in [2.75, 3.05) is 11.1 Å². The van der Waals surface area contributed by atoms with Gasteiger partial charge in [0, 0.05) is 15.5 Å². The van der Waals surface area contributed by atoms with E-state index in [9.17, 15) is 4.79 Å². The summed E-state index contributed by atoms with van der Waals surface area (Å²) >= 11 is 2.83. The quantitative estimate of drug-likeness (QED) is 0.756. The summed E-state index contributed by atoms with van der Waals surface area (Å²) in [6.45, 7) is 3.91. The van der Waals surface area contributed by atoms with Gasteiger partial charge in [0.05, 0.1) is 11.4 Å². The van der Waals surface area contributed by atoms with Crippen LogP contribution in [0.15, 0.2) is 23.6 Å². The highest BCUT2D eigenvalue weighted by atomic mass is 32.1. The molecule has 0 spiro atoms. The van der Waals surface area contributed by atoms with Crippen LogP contribution in [0.4, 0.5) is 10.8 Å². The molecule has 6 heteroatoms. The Bertz CT molecular complexity index is 804. The lowest BCUT2D eigenvalue weighted by Gasteiger charge is -1.99.